The number of esters is 1. The second-order valence-corrected chi connectivity index (χ2v) is 4.19. The first-order chi connectivity index (χ1) is 7.35. The maximum Gasteiger partial charge on any atom is 0.359 e. The van der Waals surface area contributed by atoms with E-state index >= 15 is 0 Å². The molecule has 0 saturated carbocycles. The van der Waals surface area contributed by atoms with Gasteiger partial charge in [-0.1, -0.05) is 0 Å². The predicted molar refractivity (Wildman–Crippen MR) is 53.8 cm³/mol. The minimum atomic E-state index is -1.31. The number of rotatable bonds is 2. The molecule has 6 heteroatoms. The number of nitrogens with zero attached hydrogens (tertiary/aromatic N) is 1. The Balaban J connectivity index is 2.41. The average molecular weight is 229 g/mol. The van der Waals surface area contributed by atoms with Gasteiger partial charge < -0.3 is 14.2 Å². The first-order valence-electron chi connectivity index (χ1n) is 4.94. The molecule has 2 aliphatic rings. The van der Waals surface area contributed by atoms with Gasteiger partial charge >= 0.3 is 11.9 Å². The standard InChI is InChI=1S/C10H15NO5/c1-6-11-9(3)8(2,7(12)13-4)16-10(9,14-5)15-6/h1-5H3/t8-,9-,10-/m0/s1. The van der Waals surface area contributed by atoms with Gasteiger partial charge in [-0.15, -0.1) is 0 Å². The highest BCUT2D eigenvalue weighted by Crippen LogP contribution is 2.57. The molecule has 1 saturated heterocycles. The molecule has 2 rings (SSSR count). The molecular weight excluding hydrogens is 214 g/mol. The Morgan fingerprint density at radius 3 is 2.50 bits per heavy atom. The van der Waals surface area contributed by atoms with Crippen LogP contribution < -0.4 is 0 Å². The van der Waals surface area contributed by atoms with Gasteiger partial charge in [-0.05, 0) is 13.8 Å². The molecule has 0 radical (unpaired) electrons. The smallest absolute Gasteiger partial charge is 0.359 e. The molecule has 90 valence electrons. The summed E-state index contributed by atoms with van der Waals surface area (Å²) in [6.07, 6.45) is 0. The van der Waals surface area contributed by atoms with E-state index in [1.807, 2.05) is 0 Å². The number of hydrogen-bond donors (Lipinski definition) is 0. The second-order valence-electron chi connectivity index (χ2n) is 4.19. The largest absolute Gasteiger partial charge is 0.467 e. The minimum Gasteiger partial charge on any atom is -0.467 e. The van der Waals surface area contributed by atoms with Gasteiger partial charge in [0, 0.05) is 14.0 Å². The second kappa shape index (κ2) is 2.95. The summed E-state index contributed by atoms with van der Waals surface area (Å²) < 4.78 is 20.8. The molecule has 0 bridgehead atoms. The van der Waals surface area contributed by atoms with E-state index < -0.39 is 23.1 Å². The van der Waals surface area contributed by atoms with Gasteiger partial charge in [0.2, 0.25) is 5.60 Å². The highest BCUT2D eigenvalue weighted by atomic mass is 16.9. The molecule has 0 aromatic heterocycles. The summed E-state index contributed by atoms with van der Waals surface area (Å²) in [5.41, 5.74) is -2.11. The van der Waals surface area contributed by atoms with Gasteiger partial charge in [0.25, 0.3) is 0 Å². The normalized spacial score (nSPS) is 45.2. The third-order valence-electron chi connectivity index (χ3n) is 3.37. The van der Waals surface area contributed by atoms with Crippen LogP contribution in [-0.2, 0) is 23.7 Å². The van der Waals surface area contributed by atoms with Gasteiger partial charge in [-0.3, -0.25) is 4.74 Å². The van der Waals surface area contributed by atoms with Crippen molar-refractivity contribution in [3.63, 3.8) is 0 Å². The van der Waals surface area contributed by atoms with Crippen molar-refractivity contribution in [3.05, 3.63) is 0 Å². The molecule has 6 nitrogen and oxygen atoms in total. The van der Waals surface area contributed by atoms with Gasteiger partial charge in [0.15, 0.2) is 11.4 Å². The lowest BCUT2D eigenvalue weighted by Crippen LogP contribution is -2.80. The van der Waals surface area contributed by atoms with Crippen LogP contribution in [0.2, 0.25) is 0 Å². The van der Waals surface area contributed by atoms with Crippen LogP contribution in [0.15, 0.2) is 4.99 Å². The first kappa shape index (κ1) is 11.3. The third-order valence-corrected chi connectivity index (χ3v) is 3.37. The zero-order valence-corrected chi connectivity index (χ0v) is 9.99. The number of aliphatic imine (C=N–C) groups is 1. The molecule has 0 spiro atoms. The zero-order chi connectivity index (χ0) is 12.2. The summed E-state index contributed by atoms with van der Waals surface area (Å²) in [7, 11) is 2.75. The lowest BCUT2D eigenvalue weighted by atomic mass is 9.74. The van der Waals surface area contributed by atoms with Crippen molar-refractivity contribution >= 4 is 11.9 Å². The van der Waals surface area contributed by atoms with Crippen LogP contribution in [-0.4, -0.2) is 43.2 Å². The Hall–Kier alpha value is -1.14. The van der Waals surface area contributed by atoms with Crippen molar-refractivity contribution in [3.8, 4) is 0 Å². The van der Waals surface area contributed by atoms with Crippen LogP contribution in [0.25, 0.3) is 0 Å². The predicted octanol–water partition coefficient (Wildman–Crippen LogP) is 0.456. The molecule has 2 aliphatic heterocycles. The van der Waals surface area contributed by atoms with Crippen LogP contribution in [0, 0.1) is 0 Å². The van der Waals surface area contributed by atoms with E-state index in [-0.39, 0.29) is 0 Å². The van der Waals surface area contributed by atoms with E-state index in [0.29, 0.717) is 5.90 Å². The molecule has 16 heavy (non-hydrogen) atoms. The van der Waals surface area contributed by atoms with Crippen LogP contribution in [0.3, 0.4) is 0 Å². The molecule has 0 N–H and O–H groups in total. The maximum absolute atomic E-state index is 11.7. The average Bonchev–Trinajstić information content (AvgIpc) is 2.46. The lowest BCUT2D eigenvalue weighted by Gasteiger charge is -2.57. The van der Waals surface area contributed by atoms with Crippen LogP contribution in [0.1, 0.15) is 20.8 Å². The molecule has 0 aliphatic carbocycles. The van der Waals surface area contributed by atoms with E-state index in [1.54, 1.807) is 20.8 Å². The van der Waals surface area contributed by atoms with E-state index in [1.165, 1.54) is 14.2 Å². The molecule has 2 heterocycles. The third kappa shape index (κ3) is 0.940. The quantitative estimate of drug-likeness (QED) is 0.643. The summed E-state index contributed by atoms with van der Waals surface area (Å²) in [6, 6.07) is 0. The molecule has 0 unspecified atom stereocenters. The maximum atomic E-state index is 11.7. The van der Waals surface area contributed by atoms with Gasteiger partial charge in [0.1, 0.15) is 0 Å². The van der Waals surface area contributed by atoms with Gasteiger partial charge in [0.05, 0.1) is 7.11 Å². The van der Waals surface area contributed by atoms with E-state index in [0.717, 1.165) is 0 Å². The van der Waals surface area contributed by atoms with Crippen LogP contribution in [0.5, 0.6) is 0 Å². The monoisotopic (exact) mass is 229 g/mol. The van der Waals surface area contributed by atoms with Crippen LogP contribution >= 0.6 is 0 Å². The van der Waals surface area contributed by atoms with E-state index in [4.69, 9.17) is 18.9 Å². The summed E-state index contributed by atoms with van der Waals surface area (Å²) in [4.78, 5) is 16.0. The Kier molecular flexibility index (Phi) is 2.09. The number of ether oxygens (including phenoxy) is 4. The van der Waals surface area contributed by atoms with Crippen molar-refractivity contribution in [2.24, 2.45) is 4.99 Å². The highest BCUT2D eigenvalue weighted by molar-refractivity contribution is 5.86. The van der Waals surface area contributed by atoms with E-state index in [9.17, 15) is 4.79 Å². The summed E-state index contributed by atoms with van der Waals surface area (Å²) >= 11 is 0. The van der Waals surface area contributed by atoms with Gasteiger partial charge in [-0.2, -0.15) is 0 Å². The molecular formula is C10H15NO5. The number of carbonyl (C=O) groups excluding carboxylic acids is 1. The number of fused-ring (bicyclic) bond motifs is 1. The highest BCUT2D eigenvalue weighted by Gasteiger charge is 2.82. The fourth-order valence-electron chi connectivity index (χ4n) is 2.26. The zero-order valence-electron chi connectivity index (χ0n) is 9.99. The molecule has 1 fully saturated rings. The lowest BCUT2D eigenvalue weighted by molar-refractivity contribution is -0.477. The fourth-order valence-corrected chi connectivity index (χ4v) is 2.26. The van der Waals surface area contributed by atoms with Crippen molar-refractivity contribution < 1.29 is 23.7 Å². The first-order valence-corrected chi connectivity index (χ1v) is 4.94. The summed E-state index contributed by atoms with van der Waals surface area (Å²) in [5.74, 6) is -1.37. The van der Waals surface area contributed by atoms with Crippen molar-refractivity contribution in [1.29, 1.82) is 0 Å². The topological polar surface area (TPSA) is 66.4 Å². The SMILES string of the molecule is COC(=O)[C@]1(C)O[C@@]2(OC)OC(C)=N[C@]21C. The van der Waals surface area contributed by atoms with E-state index in [2.05, 4.69) is 4.99 Å². The van der Waals surface area contributed by atoms with Crippen LogP contribution in [0.4, 0.5) is 0 Å². The Morgan fingerprint density at radius 1 is 1.38 bits per heavy atom. The Labute approximate surface area is 93.5 Å². The van der Waals surface area contributed by atoms with Crippen molar-refractivity contribution in [2.75, 3.05) is 14.2 Å². The summed E-state index contributed by atoms with van der Waals surface area (Å²) in [5, 5.41) is 0. The molecule has 0 aromatic rings. The number of hydrogen-bond acceptors (Lipinski definition) is 6. The Bertz CT molecular complexity index is 381. The Morgan fingerprint density at radius 2 is 2.00 bits per heavy atom. The van der Waals surface area contributed by atoms with Crippen molar-refractivity contribution in [1.82, 2.24) is 0 Å². The fraction of sp³-hybridized carbons (Fsp3) is 0.800. The molecule has 3 atom stereocenters. The number of carbonyl (C=O) groups is 1. The minimum absolute atomic E-state index is 0.428. The molecule has 0 amide bonds. The summed E-state index contributed by atoms with van der Waals surface area (Å²) in [6.45, 7) is 5.04. The number of methoxy groups -OCH3 is 2. The van der Waals surface area contributed by atoms with Gasteiger partial charge in [-0.25, -0.2) is 9.79 Å². The van der Waals surface area contributed by atoms with Crippen molar-refractivity contribution in [2.45, 2.75) is 37.9 Å². The molecule has 0 aromatic carbocycles.